The van der Waals surface area contributed by atoms with Gasteiger partial charge < -0.3 is 4.90 Å². The maximum Gasteiger partial charge on any atom is 0.229 e. The van der Waals surface area contributed by atoms with Gasteiger partial charge in [-0.2, -0.15) is 0 Å². The van der Waals surface area contributed by atoms with Crippen LogP contribution < -0.4 is 4.90 Å². The summed E-state index contributed by atoms with van der Waals surface area (Å²) in [5.74, 6) is 0.808. The van der Waals surface area contributed by atoms with Gasteiger partial charge in [0.25, 0.3) is 0 Å². The second-order valence-electron chi connectivity index (χ2n) is 5.79. The Labute approximate surface area is 114 Å². The number of amides is 1. The molecule has 0 atom stereocenters. The molecule has 0 bridgehead atoms. The molecule has 1 aliphatic carbocycles. The second-order valence-corrected chi connectivity index (χ2v) is 5.79. The molecule has 0 unspecified atom stereocenters. The lowest BCUT2D eigenvalue weighted by Gasteiger charge is -2.29. The number of halogens is 1. The molecule has 1 fully saturated rings. The van der Waals surface area contributed by atoms with Crippen molar-refractivity contribution in [1.29, 1.82) is 0 Å². The molecule has 1 aromatic carbocycles. The smallest absolute Gasteiger partial charge is 0.229 e. The Morgan fingerprint density at radius 3 is 2.47 bits per heavy atom. The minimum atomic E-state index is -0.226. The largest absolute Gasteiger partial charge is 0.315 e. The van der Waals surface area contributed by atoms with Gasteiger partial charge >= 0.3 is 0 Å². The number of hydrogen-bond acceptors (Lipinski definition) is 1. The molecule has 1 aliphatic rings. The molecule has 19 heavy (non-hydrogen) atoms. The molecule has 1 aromatic rings. The first-order chi connectivity index (χ1) is 8.99. The van der Waals surface area contributed by atoms with E-state index in [1.165, 1.54) is 6.07 Å². The van der Waals surface area contributed by atoms with Gasteiger partial charge in [0, 0.05) is 18.7 Å². The van der Waals surface area contributed by atoms with E-state index in [1.807, 2.05) is 0 Å². The van der Waals surface area contributed by atoms with Crippen molar-refractivity contribution in [3.05, 3.63) is 29.6 Å². The van der Waals surface area contributed by atoms with Gasteiger partial charge in [0.2, 0.25) is 5.91 Å². The van der Waals surface area contributed by atoms with E-state index in [9.17, 15) is 9.18 Å². The third kappa shape index (κ3) is 3.14. The van der Waals surface area contributed by atoms with E-state index in [0.29, 0.717) is 5.56 Å². The summed E-state index contributed by atoms with van der Waals surface area (Å²) in [5.41, 5.74) is 1.36. The number of nitrogens with zero attached hydrogens (tertiary/aromatic N) is 1. The molecule has 0 radical (unpaired) electrons. The van der Waals surface area contributed by atoms with Gasteiger partial charge in [0.1, 0.15) is 5.82 Å². The van der Waals surface area contributed by atoms with Crippen LogP contribution in [0.5, 0.6) is 0 Å². The highest BCUT2D eigenvalue weighted by Crippen LogP contribution is 2.30. The van der Waals surface area contributed by atoms with Crippen molar-refractivity contribution in [3.8, 4) is 0 Å². The van der Waals surface area contributed by atoms with Crippen molar-refractivity contribution < 1.29 is 9.18 Å². The Balaban J connectivity index is 2.08. The van der Waals surface area contributed by atoms with Crippen LogP contribution in [0.4, 0.5) is 10.1 Å². The van der Waals surface area contributed by atoms with Gasteiger partial charge in [-0.1, -0.05) is 6.92 Å². The number of hydrogen-bond donors (Lipinski definition) is 0. The topological polar surface area (TPSA) is 20.3 Å². The second kappa shape index (κ2) is 5.72. The molecule has 0 spiro atoms. The van der Waals surface area contributed by atoms with E-state index in [0.717, 1.165) is 37.3 Å². The fourth-order valence-electron chi connectivity index (χ4n) is 2.75. The maximum atomic E-state index is 13.3. The van der Waals surface area contributed by atoms with Crippen molar-refractivity contribution in [1.82, 2.24) is 0 Å². The van der Waals surface area contributed by atoms with Gasteiger partial charge in [-0.3, -0.25) is 4.79 Å². The number of rotatable bonds is 2. The van der Waals surface area contributed by atoms with Crippen LogP contribution in [0.3, 0.4) is 0 Å². The molecule has 3 heteroatoms. The average Bonchev–Trinajstić information content (AvgIpc) is 2.41. The number of anilines is 1. The molecule has 0 N–H and O–H groups in total. The van der Waals surface area contributed by atoms with Crippen LogP contribution in [0.1, 0.15) is 38.2 Å². The van der Waals surface area contributed by atoms with Gasteiger partial charge in [-0.15, -0.1) is 0 Å². The summed E-state index contributed by atoms with van der Waals surface area (Å²) in [6.07, 6.45) is 4.22. The quantitative estimate of drug-likeness (QED) is 0.792. The summed E-state index contributed by atoms with van der Waals surface area (Å²) in [4.78, 5) is 14.1. The van der Waals surface area contributed by atoms with Crippen molar-refractivity contribution in [2.45, 2.75) is 39.5 Å². The zero-order valence-corrected chi connectivity index (χ0v) is 11.9. The molecule has 0 aromatic heterocycles. The highest BCUT2D eigenvalue weighted by atomic mass is 19.1. The summed E-state index contributed by atoms with van der Waals surface area (Å²) >= 11 is 0. The molecule has 0 heterocycles. The number of carbonyl (C=O) groups is 1. The highest BCUT2D eigenvalue weighted by Gasteiger charge is 2.27. The van der Waals surface area contributed by atoms with Crippen LogP contribution in [0, 0.1) is 24.6 Å². The molecule has 0 aliphatic heterocycles. The van der Waals surface area contributed by atoms with Gasteiger partial charge in [0.15, 0.2) is 0 Å². The minimum absolute atomic E-state index is 0.131. The lowest BCUT2D eigenvalue weighted by Crippen LogP contribution is -2.34. The Morgan fingerprint density at radius 2 is 1.89 bits per heavy atom. The summed E-state index contributed by atoms with van der Waals surface area (Å²) in [6, 6.07) is 4.84. The number of aryl methyl sites for hydroxylation is 1. The first-order valence-electron chi connectivity index (χ1n) is 7.02. The number of carbonyl (C=O) groups excluding carboxylic acids is 1. The molecule has 2 nitrogen and oxygen atoms in total. The Morgan fingerprint density at radius 1 is 1.26 bits per heavy atom. The Hall–Kier alpha value is -1.38. The van der Waals surface area contributed by atoms with Crippen LogP contribution in [-0.2, 0) is 4.79 Å². The van der Waals surface area contributed by atoms with Gasteiger partial charge in [-0.05, 0) is 62.3 Å². The van der Waals surface area contributed by atoms with E-state index in [1.54, 1.807) is 31.0 Å². The zero-order chi connectivity index (χ0) is 14.0. The Kier molecular flexibility index (Phi) is 4.23. The Bertz CT molecular complexity index is 464. The van der Waals surface area contributed by atoms with Crippen molar-refractivity contribution >= 4 is 11.6 Å². The molecule has 0 saturated heterocycles. The molecule has 2 rings (SSSR count). The normalized spacial score (nSPS) is 23.2. The summed E-state index contributed by atoms with van der Waals surface area (Å²) in [7, 11) is 1.78. The monoisotopic (exact) mass is 263 g/mol. The van der Waals surface area contributed by atoms with Crippen LogP contribution >= 0.6 is 0 Å². The predicted molar refractivity (Wildman–Crippen MR) is 75.7 cm³/mol. The van der Waals surface area contributed by atoms with Crippen LogP contribution in [0.15, 0.2) is 18.2 Å². The first-order valence-corrected chi connectivity index (χ1v) is 7.02. The lowest BCUT2D eigenvalue weighted by molar-refractivity contribution is -0.123. The van der Waals surface area contributed by atoms with Gasteiger partial charge in [0.05, 0.1) is 0 Å². The zero-order valence-electron chi connectivity index (χ0n) is 11.9. The average molecular weight is 263 g/mol. The van der Waals surface area contributed by atoms with Crippen molar-refractivity contribution in [2.24, 2.45) is 11.8 Å². The fourth-order valence-corrected chi connectivity index (χ4v) is 2.75. The van der Waals surface area contributed by atoms with Crippen molar-refractivity contribution in [2.75, 3.05) is 11.9 Å². The highest BCUT2D eigenvalue weighted by molar-refractivity contribution is 5.94. The van der Waals surface area contributed by atoms with Crippen molar-refractivity contribution in [3.63, 3.8) is 0 Å². The minimum Gasteiger partial charge on any atom is -0.315 e. The van der Waals surface area contributed by atoms with E-state index in [-0.39, 0.29) is 17.6 Å². The molecular formula is C16H22FNO. The maximum absolute atomic E-state index is 13.3. The van der Waals surface area contributed by atoms with E-state index in [2.05, 4.69) is 6.92 Å². The summed E-state index contributed by atoms with van der Waals surface area (Å²) < 4.78 is 13.3. The fraction of sp³-hybridized carbons (Fsp3) is 0.562. The van der Waals surface area contributed by atoms with Crippen LogP contribution in [-0.4, -0.2) is 13.0 Å². The molecular weight excluding hydrogens is 241 g/mol. The summed E-state index contributed by atoms with van der Waals surface area (Å²) in [5, 5.41) is 0. The van der Waals surface area contributed by atoms with Gasteiger partial charge in [-0.25, -0.2) is 4.39 Å². The summed E-state index contributed by atoms with van der Waals surface area (Å²) in [6.45, 7) is 3.97. The van der Waals surface area contributed by atoms with E-state index in [4.69, 9.17) is 0 Å². The lowest BCUT2D eigenvalue weighted by atomic mass is 9.82. The van der Waals surface area contributed by atoms with Crippen LogP contribution in [0.25, 0.3) is 0 Å². The SMILES string of the molecule is Cc1cc(N(C)C(=O)C2CCC(C)CC2)ccc1F. The number of benzene rings is 1. The molecule has 1 saturated carbocycles. The third-order valence-corrected chi connectivity index (χ3v) is 4.22. The standard InChI is InChI=1S/C16H22FNO/c1-11-4-6-13(7-5-11)16(19)18(3)14-8-9-15(17)12(2)10-14/h8-11,13H,4-7H2,1-3H3. The van der Waals surface area contributed by atoms with E-state index >= 15 is 0 Å². The predicted octanol–water partition coefficient (Wildman–Crippen LogP) is 3.92. The molecule has 1 amide bonds. The van der Waals surface area contributed by atoms with Crippen LogP contribution in [0.2, 0.25) is 0 Å². The third-order valence-electron chi connectivity index (χ3n) is 4.22. The van der Waals surface area contributed by atoms with E-state index < -0.39 is 0 Å². The first kappa shape index (κ1) is 14.0. The molecule has 104 valence electrons.